The van der Waals surface area contributed by atoms with E-state index < -0.39 is 0 Å². The molecule has 0 bridgehead atoms. The Kier molecular flexibility index (Phi) is 4.60. The summed E-state index contributed by atoms with van der Waals surface area (Å²) < 4.78 is 1.96. The lowest BCUT2D eigenvalue weighted by Crippen LogP contribution is -2.13. The predicted molar refractivity (Wildman–Crippen MR) is 110 cm³/mol. The third kappa shape index (κ3) is 3.54. The fraction of sp³-hybridized carbons (Fsp3) is 0.0476. The highest BCUT2D eigenvalue weighted by atomic mass is 35.5. The molecule has 2 aromatic heterocycles. The minimum absolute atomic E-state index is 0.285. The van der Waals surface area contributed by atoms with Crippen LogP contribution in [0.1, 0.15) is 15.9 Å². The summed E-state index contributed by atoms with van der Waals surface area (Å²) in [5.74, 6) is -0.285. The number of aromatic nitrogens is 2. The normalized spacial score (nSPS) is 10.9. The smallest absolute Gasteiger partial charge is 0.257 e. The van der Waals surface area contributed by atoms with Crippen LogP contribution in [-0.2, 0) is 0 Å². The number of fused-ring (bicyclic) bond motifs is 1. The van der Waals surface area contributed by atoms with Crippen molar-refractivity contribution in [3.8, 4) is 11.3 Å². The topological polar surface area (TPSA) is 46.4 Å². The number of hydrogen-bond acceptors (Lipinski definition) is 2. The molecule has 0 fully saturated rings. The first kappa shape index (κ1) is 17.6. The van der Waals surface area contributed by atoms with Crippen molar-refractivity contribution in [1.29, 1.82) is 0 Å². The van der Waals surface area contributed by atoms with Crippen LogP contribution >= 0.6 is 23.2 Å². The lowest BCUT2D eigenvalue weighted by atomic mass is 10.1. The van der Waals surface area contributed by atoms with Crippen LogP contribution in [0, 0.1) is 6.92 Å². The van der Waals surface area contributed by atoms with Crippen LogP contribution < -0.4 is 5.32 Å². The van der Waals surface area contributed by atoms with E-state index in [-0.39, 0.29) is 5.91 Å². The van der Waals surface area contributed by atoms with E-state index in [4.69, 9.17) is 23.2 Å². The molecule has 2 heterocycles. The van der Waals surface area contributed by atoms with Crippen LogP contribution in [0.2, 0.25) is 10.0 Å². The second kappa shape index (κ2) is 7.06. The summed E-state index contributed by atoms with van der Waals surface area (Å²) in [5, 5.41) is 3.73. The highest BCUT2D eigenvalue weighted by Gasteiger charge is 2.13. The number of anilines is 1. The number of aryl methyl sites for hydroxylation is 1. The first-order valence-corrected chi connectivity index (χ1v) is 9.08. The van der Waals surface area contributed by atoms with Crippen molar-refractivity contribution < 1.29 is 4.79 Å². The van der Waals surface area contributed by atoms with Gasteiger partial charge in [-0.05, 0) is 48.9 Å². The molecule has 4 rings (SSSR count). The lowest BCUT2D eigenvalue weighted by Gasteiger charge is -2.11. The van der Waals surface area contributed by atoms with Gasteiger partial charge in [-0.3, -0.25) is 4.79 Å². The monoisotopic (exact) mass is 395 g/mol. The Morgan fingerprint density at radius 2 is 1.93 bits per heavy atom. The second-order valence-corrected chi connectivity index (χ2v) is 7.04. The summed E-state index contributed by atoms with van der Waals surface area (Å²) in [6.45, 7) is 1.94. The van der Waals surface area contributed by atoms with Crippen LogP contribution in [0.15, 0.2) is 67.0 Å². The maximum atomic E-state index is 12.6. The van der Waals surface area contributed by atoms with E-state index in [1.165, 1.54) is 0 Å². The maximum Gasteiger partial charge on any atom is 0.257 e. The van der Waals surface area contributed by atoms with E-state index in [9.17, 15) is 4.79 Å². The van der Waals surface area contributed by atoms with Gasteiger partial charge in [-0.2, -0.15) is 0 Å². The van der Waals surface area contributed by atoms with Crippen molar-refractivity contribution in [2.24, 2.45) is 0 Å². The largest absolute Gasteiger partial charge is 0.322 e. The standard InChI is InChI=1S/C21H15Cl2N3O/c1-13-5-6-14(19-12-26-9-3-2-4-20(26)24-19)10-18(13)25-21(27)16-8-7-15(22)11-17(16)23/h2-12H,1H3,(H,25,27). The van der Waals surface area contributed by atoms with Crippen molar-refractivity contribution in [3.63, 3.8) is 0 Å². The van der Waals surface area contributed by atoms with Crippen LogP contribution in [0.4, 0.5) is 5.69 Å². The predicted octanol–water partition coefficient (Wildman–Crippen LogP) is 5.87. The summed E-state index contributed by atoms with van der Waals surface area (Å²) in [5.41, 5.74) is 4.65. The van der Waals surface area contributed by atoms with Gasteiger partial charge in [0.1, 0.15) is 5.65 Å². The molecule has 0 unspecified atom stereocenters. The van der Waals surface area contributed by atoms with Gasteiger partial charge in [0.2, 0.25) is 0 Å². The summed E-state index contributed by atoms with van der Waals surface area (Å²) >= 11 is 12.0. The van der Waals surface area contributed by atoms with Gasteiger partial charge in [-0.15, -0.1) is 0 Å². The Morgan fingerprint density at radius 3 is 2.70 bits per heavy atom. The average Bonchev–Trinajstić information content (AvgIpc) is 3.07. The number of halogens is 2. The molecule has 0 aliphatic rings. The van der Waals surface area contributed by atoms with E-state index in [1.54, 1.807) is 18.2 Å². The zero-order valence-corrected chi connectivity index (χ0v) is 15.9. The molecule has 1 amide bonds. The number of imidazole rings is 1. The molecule has 27 heavy (non-hydrogen) atoms. The highest BCUT2D eigenvalue weighted by molar-refractivity contribution is 6.37. The van der Waals surface area contributed by atoms with Gasteiger partial charge < -0.3 is 9.72 Å². The number of hydrogen-bond donors (Lipinski definition) is 1. The third-order valence-corrected chi connectivity index (χ3v) is 4.87. The molecule has 0 spiro atoms. The molecule has 0 saturated heterocycles. The molecule has 6 heteroatoms. The minimum Gasteiger partial charge on any atom is -0.322 e. The first-order valence-electron chi connectivity index (χ1n) is 8.32. The van der Waals surface area contributed by atoms with E-state index >= 15 is 0 Å². The quantitative estimate of drug-likeness (QED) is 0.471. The molecule has 134 valence electrons. The summed E-state index contributed by atoms with van der Waals surface area (Å²) in [7, 11) is 0. The summed E-state index contributed by atoms with van der Waals surface area (Å²) in [4.78, 5) is 17.3. The van der Waals surface area contributed by atoms with E-state index in [0.717, 1.165) is 22.5 Å². The Balaban J connectivity index is 1.67. The Labute approximate surface area is 166 Å². The highest BCUT2D eigenvalue weighted by Crippen LogP contribution is 2.27. The van der Waals surface area contributed by atoms with Gasteiger partial charge in [-0.1, -0.05) is 41.4 Å². The fourth-order valence-electron chi connectivity index (χ4n) is 2.85. The summed E-state index contributed by atoms with van der Waals surface area (Å²) in [6.07, 6.45) is 3.91. The number of amides is 1. The second-order valence-electron chi connectivity index (χ2n) is 6.20. The molecule has 0 saturated carbocycles. The lowest BCUT2D eigenvalue weighted by molar-refractivity contribution is 0.102. The number of pyridine rings is 1. The molecule has 2 aromatic carbocycles. The van der Waals surface area contributed by atoms with Gasteiger partial charge in [-0.25, -0.2) is 4.98 Å². The van der Waals surface area contributed by atoms with Gasteiger partial charge in [0.15, 0.2) is 0 Å². The molecule has 0 atom stereocenters. The van der Waals surface area contributed by atoms with Gasteiger partial charge in [0.05, 0.1) is 16.3 Å². The number of carbonyl (C=O) groups excluding carboxylic acids is 1. The van der Waals surface area contributed by atoms with Crippen LogP contribution in [0.5, 0.6) is 0 Å². The summed E-state index contributed by atoms with van der Waals surface area (Å²) in [6, 6.07) is 16.5. The SMILES string of the molecule is Cc1ccc(-c2cn3ccccc3n2)cc1NC(=O)c1ccc(Cl)cc1Cl. The zero-order chi connectivity index (χ0) is 19.0. The molecule has 1 N–H and O–H groups in total. The van der Waals surface area contributed by atoms with Gasteiger partial charge in [0, 0.05) is 28.7 Å². The van der Waals surface area contributed by atoms with Crippen molar-refractivity contribution in [3.05, 3.63) is 88.2 Å². The Hall–Kier alpha value is -2.82. The van der Waals surface area contributed by atoms with Crippen molar-refractivity contribution in [1.82, 2.24) is 9.38 Å². The van der Waals surface area contributed by atoms with Crippen molar-refractivity contribution in [2.75, 3.05) is 5.32 Å². The van der Waals surface area contributed by atoms with Crippen LogP contribution in [0.3, 0.4) is 0 Å². The number of carbonyl (C=O) groups is 1. The van der Waals surface area contributed by atoms with Gasteiger partial charge >= 0.3 is 0 Å². The first-order chi connectivity index (χ1) is 13.0. The van der Waals surface area contributed by atoms with E-state index in [0.29, 0.717) is 21.3 Å². The van der Waals surface area contributed by atoms with Crippen LogP contribution in [0.25, 0.3) is 16.9 Å². The molecule has 0 radical (unpaired) electrons. The van der Waals surface area contributed by atoms with Crippen molar-refractivity contribution in [2.45, 2.75) is 6.92 Å². The zero-order valence-electron chi connectivity index (χ0n) is 14.4. The molecule has 0 aliphatic heterocycles. The molecular formula is C21H15Cl2N3O. The Morgan fingerprint density at radius 1 is 1.07 bits per heavy atom. The van der Waals surface area contributed by atoms with E-state index in [2.05, 4.69) is 10.3 Å². The number of benzene rings is 2. The number of rotatable bonds is 3. The molecule has 4 nitrogen and oxygen atoms in total. The Bertz CT molecular complexity index is 1130. The number of nitrogens with zero attached hydrogens (tertiary/aromatic N) is 2. The van der Waals surface area contributed by atoms with E-state index in [1.807, 2.05) is 60.1 Å². The maximum absolute atomic E-state index is 12.6. The molecular weight excluding hydrogens is 381 g/mol. The average molecular weight is 396 g/mol. The number of nitrogens with one attached hydrogen (secondary N) is 1. The van der Waals surface area contributed by atoms with Crippen LogP contribution in [-0.4, -0.2) is 15.3 Å². The minimum atomic E-state index is -0.285. The third-order valence-electron chi connectivity index (χ3n) is 4.32. The fourth-order valence-corrected chi connectivity index (χ4v) is 3.35. The van der Waals surface area contributed by atoms with Gasteiger partial charge in [0.25, 0.3) is 5.91 Å². The van der Waals surface area contributed by atoms with Crippen molar-refractivity contribution >= 4 is 40.4 Å². The molecule has 0 aliphatic carbocycles. The molecule has 4 aromatic rings.